The second-order valence-electron chi connectivity index (χ2n) is 6.70. The van der Waals surface area contributed by atoms with Crippen LogP contribution >= 0.6 is 11.3 Å². The first-order valence-corrected chi connectivity index (χ1v) is 9.33. The van der Waals surface area contributed by atoms with Gasteiger partial charge in [0.25, 0.3) is 0 Å². The summed E-state index contributed by atoms with van der Waals surface area (Å²) >= 11 is 1.74. The van der Waals surface area contributed by atoms with E-state index < -0.39 is 0 Å². The third-order valence-corrected chi connectivity index (χ3v) is 5.54. The summed E-state index contributed by atoms with van der Waals surface area (Å²) in [5, 5.41) is 4.18. The fourth-order valence-corrected chi connectivity index (χ4v) is 3.97. The van der Waals surface area contributed by atoms with Crippen LogP contribution in [0.15, 0.2) is 24.3 Å². The monoisotopic (exact) mass is 331 g/mol. The fourth-order valence-electron chi connectivity index (χ4n) is 2.96. The molecule has 1 aromatic heterocycles. The number of carbonyl (C=O) groups excluding carboxylic acids is 1. The Morgan fingerprint density at radius 2 is 2.09 bits per heavy atom. The van der Waals surface area contributed by atoms with Crippen LogP contribution in [0, 0.1) is 11.8 Å². The number of para-hydroxylation sites is 1. The highest BCUT2D eigenvalue weighted by Gasteiger charge is 2.26. The lowest BCUT2D eigenvalue weighted by Gasteiger charge is -2.31. The SMILES string of the molecule is CC(C)CCNC(=O)C1CCN(c2nc3ccccc3s2)CC1. The maximum absolute atomic E-state index is 12.2. The maximum Gasteiger partial charge on any atom is 0.223 e. The summed E-state index contributed by atoms with van der Waals surface area (Å²) in [6.45, 7) is 7.00. The number of rotatable bonds is 5. The van der Waals surface area contributed by atoms with E-state index in [1.54, 1.807) is 11.3 Å². The lowest BCUT2D eigenvalue weighted by molar-refractivity contribution is -0.125. The number of hydrogen-bond donors (Lipinski definition) is 1. The van der Waals surface area contributed by atoms with Gasteiger partial charge in [-0.15, -0.1) is 0 Å². The lowest BCUT2D eigenvalue weighted by Crippen LogP contribution is -2.40. The van der Waals surface area contributed by atoms with E-state index in [9.17, 15) is 4.79 Å². The van der Waals surface area contributed by atoms with Gasteiger partial charge < -0.3 is 10.2 Å². The first-order chi connectivity index (χ1) is 11.1. The smallest absolute Gasteiger partial charge is 0.223 e. The molecule has 1 aliphatic heterocycles. The molecular weight excluding hydrogens is 306 g/mol. The molecule has 4 nitrogen and oxygen atoms in total. The van der Waals surface area contributed by atoms with Gasteiger partial charge in [0.05, 0.1) is 10.2 Å². The van der Waals surface area contributed by atoms with Crippen molar-refractivity contribution in [3.8, 4) is 0 Å². The molecule has 1 aromatic carbocycles. The summed E-state index contributed by atoms with van der Waals surface area (Å²) in [5.41, 5.74) is 1.07. The van der Waals surface area contributed by atoms with Gasteiger partial charge in [0.2, 0.25) is 5.91 Å². The zero-order valence-electron chi connectivity index (χ0n) is 13.9. The second-order valence-corrected chi connectivity index (χ2v) is 7.71. The van der Waals surface area contributed by atoms with Crippen LogP contribution < -0.4 is 10.2 Å². The Hall–Kier alpha value is -1.62. The molecule has 0 spiro atoms. The van der Waals surface area contributed by atoms with E-state index in [0.717, 1.165) is 49.5 Å². The number of nitrogens with zero attached hydrogens (tertiary/aromatic N) is 2. The number of benzene rings is 1. The Bertz CT molecular complexity index is 626. The van der Waals surface area contributed by atoms with Crippen LogP contribution in [0.5, 0.6) is 0 Å². The molecule has 0 bridgehead atoms. The Morgan fingerprint density at radius 3 is 2.78 bits per heavy atom. The van der Waals surface area contributed by atoms with Gasteiger partial charge in [-0.05, 0) is 37.3 Å². The molecule has 0 aliphatic carbocycles. The molecule has 0 radical (unpaired) electrons. The molecular formula is C18H25N3OS. The molecule has 1 fully saturated rings. The minimum atomic E-state index is 0.160. The van der Waals surface area contributed by atoms with Crippen LogP contribution in [0.4, 0.5) is 5.13 Å². The van der Waals surface area contributed by atoms with Crippen molar-refractivity contribution < 1.29 is 4.79 Å². The summed E-state index contributed by atoms with van der Waals surface area (Å²) in [4.78, 5) is 19.3. The van der Waals surface area contributed by atoms with Gasteiger partial charge in [0.15, 0.2) is 5.13 Å². The molecule has 2 heterocycles. The number of carbonyl (C=O) groups is 1. The standard InChI is InChI=1S/C18H25N3OS/c1-13(2)7-10-19-17(22)14-8-11-21(12-9-14)18-20-15-5-3-4-6-16(15)23-18/h3-6,13-14H,7-12H2,1-2H3,(H,19,22). The highest BCUT2D eigenvalue weighted by Crippen LogP contribution is 2.31. The van der Waals surface area contributed by atoms with Crippen LogP contribution in [-0.2, 0) is 4.79 Å². The quantitative estimate of drug-likeness (QED) is 0.909. The van der Waals surface area contributed by atoms with Crippen molar-refractivity contribution in [2.24, 2.45) is 11.8 Å². The third kappa shape index (κ3) is 4.02. The summed E-state index contributed by atoms with van der Waals surface area (Å²) < 4.78 is 1.23. The van der Waals surface area contributed by atoms with Crippen molar-refractivity contribution in [1.29, 1.82) is 0 Å². The van der Waals surface area contributed by atoms with E-state index in [0.29, 0.717) is 5.92 Å². The highest BCUT2D eigenvalue weighted by atomic mass is 32.1. The Labute approximate surface area is 141 Å². The molecule has 0 unspecified atom stereocenters. The molecule has 5 heteroatoms. The number of amides is 1. The average Bonchev–Trinajstić information content (AvgIpc) is 2.98. The highest BCUT2D eigenvalue weighted by molar-refractivity contribution is 7.22. The number of piperidine rings is 1. The molecule has 23 heavy (non-hydrogen) atoms. The number of nitrogens with one attached hydrogen (secondary N) is 1. The predicted octanol–water partition coefficient (Wildman–Crippen LogP) is 3.68. The van der Waals surface area contributed by atoms with Crippen LogP contribution in [0.1, 0.15) is 33.1 Å². The Kier molecular flexibility index (Phi) is 5.16. The zero-order chi connectivity index (χ0) is 16.2. The molecule has 1 amide bonds. The Balaban J connectivity index is 1.52. The molecule has 3 rings (SSSR count). The molecule has 2 aromatic rings. The molecule has 0 atom stereocenters. The van der Waals surface area contributed by atoms with Crippen LogP contribution in [0.3, 0.4) is 0 Å². The minimum absolute atomic E-state index is 0.160. The first-order valence-electron chi connectivity index (χ1n) is 8.51. The summed E-state index contributed by atoms with van der Waals surface area (Å²) in [5.74, 6) is 1.03. The number of anilines is 1. The van der Waals surface area contributed by atoms with E-state index in [2.05, 4.69) is 42.3 Å². The third-order valence-electron chi connectivity index (χ3n) is 4.44. The molecule has 0 saturated carbocycles. The number of hydrogen-bond acceptors (Lipinski definition) is 4. The minimum Gasteiger partial charge on any atom is -0.356 e. The largest absolute Gasteiger partial charge is 0.356 e. The van der Waals surface area contributed by atoms with Crippen molar-refractivity contribution in [3.05, 3.63) is 24.3 Å². The maximum atomic E-state index is 12.2. The molecule has 124 valence electrons. The van der Waals surface area contributed by atoms with E-state index in [1.807, 2.05) is 6.07 Å². The molecule has 1 saturated heterocycles. The summed E-state index contributed by atoms with van der Waals surface area (Å²) in [6, 6.07) is 8.26. The summed E-state index contributed by atoms with van der Waals surface area (Å²) in [7, 11) is 0. The first kappa shape index (κ1) is 16.2. The lowest BCUT2D eigenvalue weighted by atomic mass is 9.96. The van der Waals surface area contributed by atoms with Gasteiger partial charge in [-0.1, -0.05) is 37.3 Å². The predicted molar refractivity (Wildman–Crippen MR) is 97.0 cm³/mol. The zero-order valence-corrected chi connectivity index (χ0v) is 14.7. The average molecular weight is 331 g/mol. The topological polar surface area (TPSA) is 45.2 Å². The van der Waals surface area contributed by atoms with Crippen molar-refractivity contribution in [1.82, 2.24) is 10.3 Å². The van der Waals surface area contributed by atoms with Crippen molar-refractivity contribution in [3.63, 3.8) is 0 Å². The summed E-state index contributed by atoms with van der Waals surface area (Å²) in [6.07, 6.45) is 2.89. The van der Waals surface area contributed by atoms with Crippen molar-refractivity contribution in [2.75, 3.05) is 24.5 Å². The van der Waals surface area contributed by atoms with Gasteiger partial charge in [0, 0.05) is 25.6 Å². The van der Waals surface area contributed by atoms with Gasteiger partial charge in [0.1, 0.15) is 0 Å². The molecule has 1 aliphatic rings. The number of fused-ring (bicyclic) bond motifs is 1. The van der Waals surface area contributed by atoms with Crippen LogP contribution in [-0.4, -0.2) is 30.5 Å². The van der Waals surface area contributed by atoms with E-state index in [4.69, 9.17) is 4.98 Å². The van der Waals surface area contributed by atoms with Gasteiger partial charge in [-0.3, -0.25) is 4.79 Å². The number of thiazole rings is 1. The molecule has 1 N–H and O–H groups in total. The number of aromatic nitrogens is 1. The second kappa shape index (κ2) is 7.30. The van der Waals surface area contributed by atoms with Crippen molar-refractivity contribution >= 4 is 32.6 Å². The van der Waals surface area contributed by atoms with Gasteiger partial charge >= 0.3 is 0 Å². The van der Waals surface area contributed by atoms with E-state index >= 15 is 0 Å². The Morgan fingerprint density at radius 1 is 1.35 bits per heavy atom. The normalized spacial score (nSPS) is 16.2. The van der Waals surface area contributed by atoms with Gasteiger partial charge in [-0.25, -0.2) is 4.98 Å². The van der Waals surface area contributed by atoms with Gasteiger partial charge in [-0.2, -0.15) is 0 Å². The van der Waals surface area contributed by atoms with Crippen LogP contribution in [0.2, 0.25) is 0 Å². The van der Waals surface area contributed by atoms with Crippen molar-refractivity contribution in [2.45, 2.75) is 33.1 Å². The fraction of sp³-hybridized carbons (Fsp3) is 0.556. The van der Waals surface area contributed by atoms with E-state index in [-0.39, 0.29) is 11.8 Å². The van der Waals surface area contributed by atoms with Crippen LogP contribution in [0.25, 0.3) is 10.2 Å². The van der Waals surface area contributed by atoms with E-state index in [1.165, 1.54) is 4.70 Å².